The highest BCUT2D eigenvalue weighted by Gasteiger charge is 2.55. The molecule has 0 bridgehead atoms. The number of halogens is 3. The minimum atomic E-state index is -5.04. The lowest BCUT2D eigenvalue weighted by Gasteiger charge is -2.24. The van der Waals surface area contributed by atoms with Crippen LogP contribution in [0.25, 0.3) is 0 Å². The number of carbonyl (C=O) groups excluding carboxylic acids is 1. The van der Waals surface area contributed by atoms with Crippen molar-refractivity contribution in [2.45, 2.75) is 51.9 Å². The summed E-state index contributed by atoms with van der Waals surface area (Å²) in [4.78, 5) is 11.6. The van der Waals surface area contributed by atoms with Gasteiger partial charge in [-0.2, -0.15) is 18.3 Å². The van der Waals surface area contributed by atoms with Crippen molar-refractivity contribution in [1.29, 1.82) is 0 Å². The second kappa shape index (κ2) is 5.43. The molecule has 1 aromatic rings. The van der Waals surface area contributed by atoms with Gasteiger partial charge in [0.15, 0.2) is 0 Å². The van der Waals surface area contributed by atoms with E-state index in [0.717, 1.165) is 6.42 Å². The Morgan fingerprint density at radius 1 is 1.55 bits per heavy atom. The number of hydrogen-bond donors (Lipinski definition) is 2. The molecule has 0 aliphatic carbocycles. The van der Waals surface area contributed by atoms with Gasteiger partial charge in [-0.1, -0.05) is 6.92 Å². The maximum Gasteiger partial charge on any atom is 0.426 e. The van der Waals surface area contributed by atoms with Gasteiger partial charge < -0.3 is 10.4 Å². The second-order valence-electron chi connectivity index (χ2n) is 4.87. The fourth-order valence-electron chi connectivity index (χ4n) is 1.54. The summed E-state index contributed by atoms with van der Waals surface area (Å²) in [6.45, 7) is 5.89. The molecule has 20 heavy (non-hydrogen) atoms. The highest BCUT2D eigenvalue weighted by atomic mass is 19.4. The van der Waals surface area contributed by atoms with Crippen molar-refractivity contribution in [2.24, 2.45) is 0 Å². The van der Waals surface area contributed by atoms with E-state index >= 15 is 0 Å². The summed E-state index contributed by atoms with van der Waals surface area (Å²) in [7, 11) is 0. The summed E-state index contributed by atoms with van der Waals surface area (Å²) in [5.41, 5.74) is -2.76. The first kappa shape index (κ1) is 16.5. The van der Waals surface area contributed by atoms with E-state index in [1.165, 1.54) is 6.20 Å². The Kier molecular flexibility index (Phi) is 4.48. The molecular formula is C12H18F3N3O2. The van der Waals surface area contributed by atoms with Crippen LogP contribution in [0.2, 0.25) is 0 Å². The maximum atomic E-state index is 12.5. The monoisotopic (exact) mass is 293 g/mol. The van der Waals surface area contributed by atoms with Crippen LogP contribution in [0, 0.1) is 6.92 Å². The van der Waals surface area contributed by atoms with E-state index in [4.69, 9.17) is 0 Å². The van der Waals surface area contributed by atoms with Gasteiger partial charge >= 0.3 is 6.18 Å². The number of amides is 1. The van der Waals surface area contributed by atoms with Crippen molar-refractivity contribution in [3.8, 4) is 0 Å². The van der Waals surface area contributed by atoms with E-state index in [1.807, 2.05) is 13.8 Å². The Hall–Kier alpha value is -1.57. The molecule has 0 aromatic carbocycles. The van der Waals surface area contributed by atoms with Gasteiger partial charge in [0.25, 0.3) is 5.91 Å². The minimum absolute atomic E-state index is 0.0591. The van der Waals surface area contributed by atoms with Gasteiger partial charge in [-0.05, 0) is 27.2 Å². The fourth-order valence-corrected chi connectivity index (χ4v) is 1.54. The Bertz CT molecular complexity index is 495. The zero-order chi connectivity index (χ0) is 15.7. The third-order valence-electron chi connectivity index (χ3n) is 3.30. The van der Waals surface area contributed by atoms with Gasteiger partial charge in [-0.3, -0.25) is 9.48 Å². The molecule has 0 aliphatic rings. The summed E-state index contributed by atoms with van der Waals surface area (Å²) in [5.74, 6) is -1.53. The van der Waals surface area contributed by atoms with Crippen molar-refractivity contribution in [2.75, 3.05) is 5.32 Å². The molecule has 0 saturated carbocycles. The first-order valence-electron chi connectivity index (χ1n) is 6.17. The molecule has 2 unspecified atom stereocenters. The van der Waals surface area contributed by atoms with Crippen molar-refractivity contribution < 1.29 is 23.1 Å². The number of anilines is 1. The van der Waals surface area contributed by atoms with Crippen molar-refractivity contribution >= 4 is 11.6 Å². The molecule has 5 nitrogen and oxygen atoms in total. The van der Waals surface area contributed by atoms with Crippen molar-refractivity contribution in [3.05, 3.63) is 11.9 Å². The molecule has 0 spiro atoms. The average Bonchev–Trinajstić information content (AvgIpc) is 2.68. The highest BCUT2D eigenvalue weighted by molar-refractivity contribution is 5.97. The molecule has 8 heteroatoms. The van der Waals surface area contributed by atoms with Crippen LogP contribution in [-0.2, 0) is 4.79 Å². The highest BCUT2D eigenvalue weighted by Crippen LogP contribution is 2.31. The molecule has 1 heterocycles. The quantitative estimate of drug-likeness (QED) is 0.896. The lowest BCUT2D eigenvalue weighted by atomic mass is 10.1. The maximum absolute atomic E-state index is 12.5. The van der Waals surface area contributed by atoms with Gasteiger partial charge in [0, 0.05) is 6.04 Å². The minimum Gasteiger partial charge on any atom is -0.373 e. The Labute approximate surface area is 114 Å². The number of aliphatic hydroxyl groups is 1. The fraction of sp³-hybridized carbons (Fsp3) is 0.667. The number of alkyl halides is 3. The molecule has 1 amide bonds. The molecule has 2 N–H and O–H groups in total. The zero-order valence-electron chi connectivity index (χ0n) is 11.7. The van der Waals surface area contributed by atoms with Crippen molar-refractivity contribution in [3.63, 3.8) is 0 Å². The third-order valence-corrected chi connectivity index (χ3v) is 3.30. The molecule has 2 atom stereocenters. The summed E-state index contributed by atoms with van der Waals surface area (Å²) >= 11 is 0. The number of aromatic nitrogens is 2. The lowest BCUT2D eigenvalue weighted by molar-refractivity contribution is -0.242. The van der Waals surface area contributed by atoms with Crippen LogP contribution in [0.15, 0.2) is 6.20 Å². The number of carbonyl (C=O) groups is 1. The van der Waals surface area contributed by atoms with Crippen LogP contribution < -0.4 is 5.32 Å². The van der Waals surface area contributed by atoms with Gasteiger partial charge in [0.1, 0.15) is 0 Å². The Morgan fingerprint density at radius 2 is 2.10 bits per heavy atom. The second-order valence-corrected chi connectivity index (χ2v) is 4.87. The van der Waals surface area contributed by atoms with Crippen molar-refractivity contribution in [1.82, 2.24) is 9.78 Å². The summed E-state index contributed by atoms with van der Waals surface area (Å²) in [6, 6.07) is 0.0591. The van der Waals surface area contributed by atoms with E-state index < -0.39 is 17.7 Å². The smallest absolute Gasteiger partial charge is 0.373 e. The largest absolute Gasteiger partial charge is 0.426 e. The summed E-state index contributed by atoms with van der Waals surface area (Å²) in [6.07, 6.45) is -2.99. The number of rotatable bonds is 4. The van der Waals surface area contributed by atoms with Gasteiger partial charge in [-0.25, -0.2) is 0 Å². The molecule has 1 rings (SSSR count). The molecule has 0 aliphatic heterocycles. The van der Waals surface area contributed by atoms with Gasteiger partial charge in [0.2, 0.25) is 5.60 Å². The van der Waals surface area contributed by atoms with E-state index in [-0.39, 0.29) is 11.7 Å². The summed E-state index contributed by atoms with van der Waals surface area (Å²) < 4.78 is 39.2. The number of hydrogen-bond acceptors (Lipinski definition) is 3. The third kappa shape index (κ3) is 2.95. The molecular weight excluding hydrogens is 275 g/mol. The molecule has 0 radical (unpaired) electrons. The molecule has 0 saturated heterocycles. The van der Waals surface area contributed by atoms with E-state index in [1.54, 1.807) is 11.6 Å². The topological polar surface area (TPSA) is 67.2 Å². The first-order valence-corrected chi connectivity index (χ1v) is 6.17. The molecule has 114 valence electrons. The molecule has 0 fully saturated rings. The Balaban J connectivity index is 2.96. The normalized spacial score (nSPS) is 16.6. The average molecular weight is 293 g/mol. The Morgan fingerprint density at radius 3 is 2.55 bits per heavy atom. The first-order chi connectivity index (χ1) is 9.02. The SMILES string of the molecule is CCC(C)n1ncc(NC(=O)C(C)(O)C(F)(F)F)c1C. The van der Waals surface area contributed by atoms with Crippen LogP contribution >= 0.6 is 0 Å². The van der Waals surface area contributed by atoms with Crippen LogP contribution in [0.1, 0.15) is 38.9 Å². The van der Waals surface area contributed by atoms with Crippen LogP contribution in [0.4, 0.5) is 18.9 Å². The van der Waals surface area contributed by atoms with Crippen LogP contribution in [0.5, 0.6) is 0 Å². The predicted molar refractivity (Wildman–Crippen MR) is 67.3 cm³/mol. The van der Waals surface area contributed by atoms with Gasteiger partial charge in [-0.15, -0.1) is 0 Å². The van der Waals surface area contributed by atoms with E-state index in [0.29, 0.717) is 12.6 Å². The van der Waals surface area contributed by atoms with Gasteiger partial charge in [0.05, 0.1) is 17.6 Å². The predicted octanol–water partition coefficient (Wildman–Crippen LogP) is 2.41. The molecule has 1 aromatic heterocycles. The van der Waals surface area contributed by atoms with Crippen LogP contribution in [-0.4, -0.2) is 32.6 Å². The summed E-state index contributed by atoms with van der Waals surface area (Å²) in [5, 5.41) is 15.4. The van der Waals surface area contributed by atoms with E-state index in [2.05, 4.69) is 10.4 Å². The zero-order valence-corrected chi connectivity index (χ0v) is 11.7. The number of nitrogens with zero attached hydrogens (tertiary/aromatic N) is 2. The standard InChI is InChI=1S/C12H18F3N3O2/c1-5-7(2)18-8(3)9(6-16-18)17-10(19)11(4,20)12(13,14)15/h6-7,20H,5H2,1-4H3,(H,17,19). The number of nitrogens with one attached hydrogen (secondary N) is 1. The van der Waals surface area contributed by atoms with E-state index in [9.17, 15) is 23.1 Å². The lowest BCUT2D eigenvalue weighted by Crippen LogP contribution is -2.52. The van der Waals surface area contributed by atoms with Crippen LogP contribution in [0.3, 0.4) is 0 Å².